The molecule has 0 saturated heterocycles. The third kappa shape index (κ3) is 5.68. The van der Waals surface area contributed by atoms with Gasteiger partial charge < -0.3 is 14.2 Å². The summed E-state index contributed by atoms with van der Waals surface area (Å²) < 4.78 is 15.9. The minimum absolute atomic E-state index is 0.694. The van der Waals surface area contributed by atoms with Crippen LogP contribution in [0, 0.1) is 18.8 Å². The van der Waals surface area contributed by atoms with Crippen LogP contribution in [0.25, 0.3) is 5.57 Å². The molecule has 0 N–H and O–H groups in total. The van der Waals surface area contributed by atoms with Gasteiger partial charge in [0.25, 0.3) is 0 Å². The van der Waals surface area contributed by atoms with E-state index in [-0.39, 0.29) is 0 Å². The van der Waals surface area contributed by atoms with Crippen LogP contribution in [0.2, 0.25) is 0 Å². The Kier molecular flexibility index (Phi) is 7.79. The number of ether oxygens (including phenoxy) is 3. The van der Waals surface area contributed by atoms with Gasteiger partial charge in [0.15, 0.2) is 0 Å². The van der Waals surface area contributed by atoms with Crippen LogP contribution >= 0.6 is 0 Å². The molecule has 0 heterocycles. The third-order valence-electron chi connectivity index (χ3n) is 3.98. The van der Waals surface area contributed by atoms with Crippen molar-refractivity contribution >= 4 is 5.57 Å². The number of benzene rings is 2. The average Bonchev–Trinajstić information content (AvgIpc) is 2.68. The molecule has 0 saturated carbocycles. The number of aryl methyl sites for hydroxylation is 1. The first-order valence-corrected chi connectivity index (χ1v) is 8.77. The van der Waals surface area contributed by atoms with Crippen LogP contribution in [-0.2, 0) is 4.74 Å². The largest absolute Gasteiger partial charge is 0.497 e. The van der Waals surface area contributed by atoms with Gasteiger partial charge in [-0.1, -0.05) is 30.0 Å². The Morgan fingerprint density at radius 1 is 1.00 bits per heavy atom. The zero-order valence-corrected chi connectivity index (χ0v) is 16.0. The smallest absolute Gasteiger partial charge is 0.119 e. The Morgan fingerprint density at radius 3 is 2.31 bits per heavy atom. The number of methoxy groups -OCH3 is 2. The molecule has 2 rings (SSSR count). The van der Waals surface area contributed by atoms with Crippen molar-refractivity contribution in [3.8, 4) is 23.3 Å². The van der Waals surface area contributed by atoms with Crippen molar-refractivity contribution in [1.29, 1.82) is 0 Å². The van der Waals surface area contributed by atoms with Crippen LogP contribution in [0.3, 0.4) is 0 Å². The van der Waals surface area contributed by atoms with Gasteiger partial charge in [-0.25, -0.2) is 0 Å². The summed E-state index contributed by atoms with van der Waals surface area (Å²) in [5, 5.41) is 0. The van der Waals surface area contributed by atoms with Crippen molar-refractivity contribution in [2.45, 2.75) is 20.3 Å². The quantitative estimate of drug-likeness (QED) is 0.526. The van der Waals surface area contributed by atoms with E-state index in [1.807, 2.05) is 56.3 Å². The van der Waals surface area contributed by atoms with Crippen molar-refractivity contribution < 1.29 is 14.2 Å². The Balaban J connectivity index is 2.29. The highest BCUT2D eigenvalue weighted by atomic mass is 16.5. The zero-order chi connectivity index (χ0) is 18.8. The molecule has 0 amide bonds. The van der Waals surface area contributed by atoms with Gasteiger partial charge in [-0.15, -0.1) is 0 Å². The summed E-state index contributed by atoms with van der Waals surface area (Å²) in [6, 6.07) is 13.9. The molecule has 2 aromatic rings. The minimum atomic E-state index is 0.694. The van der Waals surface area contributed by atoms with E-state index in [0.29, 0.717) is 6.61 Å². The van der Waals surface area contributed by atoms with E-state index >= 15 is 0 Å². The van der Waals surface area contributed by atoms with Crippen LogP contribution in [0.15, 0.2) is 48.5 Å². The van der Waals surface area contributed by atoms with E-state index in [4.69, 9.17) is 14.2 Å². The molecule has 136 valence electrons. The van der Waals surface area contributed by atoms with Crippen molar-refractivity contribution in [2.24, 2.45) is 0 Å². The van der Waals surface area contributed by atoms with Gasteiger partial charge in [0.05, 0.1) is 20.8 Å². The van der Waals surface area contributed by atoms with Crippen molar-refractivity contribution in [1.82, 2.24) is 0 Å². The lowest BCUT2D eigenvalue weighted by molar-refractivity contribution is 0.152. The molecule has 2 aromatic carbocycles. The third-order valence-corrected chi connectivity index (χ3v) is 3.98. The fourth-order valence-corrected chi connectivity index (χ4v) is 2.48. The predicted octanol–water partition coefficient (Wildman–Crippen LogP) is 4.87. The van der Waals surface area contributed by atoms with Crippen molar-refractivity contribution in [3.05, 3.63) is 65.2 Å². The van der Waals surface area contributed by atoms with Crippen LogP contribution in [0.4, 0.5) is 0 Å². The zero-order valence-electron chi connectivity index (χ0n) is 16.0. The topological polar surface area (TPSA) is 27.7 Å². The molecule has 0 spiro atoms. The highest BCUT2D eigenvalue weighted by Gasteiger charge is 2.01. The second kappa shape index (κ2) is 10.3. The fraction of sp³-hybridized carbons (Fsp3) is 0.304. The van der Waals surface area contributed by atoms with Crippen LogP contribution < -0.4 is 9.47 Å². The summed E-state index contributed by atoms with van der Waals surface area (Å²) in [6.45, 7) is 5.46. The first-order chi connectivity index (χ1) is 12.7. The van der Waals surface area contributed by atoms with Gasteiger partial charge in [0.1, 0.15) is 11.5 Å². The molecule has 0 atom stereocenters. The van der Waals surface area contributed by atoms with Crippen molar-refractivity contribution in [3.63, 3.8) is 0 Å². The predicted molar refractivity (Wildman–Crippen MR) is 107 cm³/mol. The van der Waals surface area contributed by atoms with Crippen LogP contribution in [0.5, 0.6) is 11.5 Å². The first-order valence-electron chi connectivity index (χ1n) is 8.77. The summed E-state index contributed by atoms with van der Waals surface area (Å²) in [5.41, 5.74) is 4.15. The lowest BCUT2D eigenvalue weighted by atomic mass is 10.0. The molecule has 0 aliphatic heterocycles. The molecule has 0 bridgehead atoms. The highest BCUT2D eigenvalue weighted by Crippen LogP contribution is 2.20. The number of hydrogen-bond donors (Lipinski definition) is 0. The van der Waals surface area contributed by atoms with E-state index in [0.717, 1.165) is 46.8 Å². The van der Waals surface area contributed by atoms with Gasteiger partial charge in [0.2, 0.25) is 0 Å². The summed E-state index contributed by atoms with van der Waals surface area (Å²) in [6.07, 6.45) is 2.95. The number of hydrogen-bond acceptors (Lipinski definition) is 3. The molecule has 0 aromatic heterocycles. The fourth-order valence-electron chi connectivity index (χ4n) is 2.48. The van der Waals surface area contributed by atoms with Crippen LogP contribution in [0.1, 0.15) is 30.0 Å². The molecule has 0 aliphatic rings. The van der Waals surface area contributed by atoms with Gasteiger partial charge in [0, 0.05) is 17.7 Å². The summed E-state index contributed by atoms with van der Waals surface area (Å²) in [7, 11) is 3.34. The van der Waals surface area contributed by atoms with E-state index in [9.17, 15) is 0 Å². The van der Waals surface area contributed by atoms with Gasteiger partial charge in [-0.2, -0.15) is 0 Å². The normalized spacial score (nSPS) is 10.8. The molecular weight excluding hydrogens is 324 g/mol. The second-order valence-electron chi connectivity index (χ2n) is 5.76. The van der Waals surface area contributed by atoms with Gasteiger partial charge in [-0.3, -0.25) is 0 Å². The maximum Gasteiger partial charge on any atom is 0.119 e. The lowest BCUT2D eigenvalue weighted by Gasteiger charge is -2.05. The van der Waals surface area contributed by atoms with E-state index in [1.54, 1.807) is 14.2 Å². The summed E-state index contributed by atoms with van der Waals surface area (Å²) in [4.78, 5) is 0. The molecule has 3 nitrogen and oxygen atoms in total. The first kappa shape index (κ1) is 19.6. The average molecular weight is 350 g/mol. The minimum Gasteiger partial charge on any atom is -0.497 e. The Bertz CT molecular complexity index is 792. The number of rotatable bonds is 7. The van der Waals surface area contributed by atoms with E-state index < -0.39 is 0 Å². The molecule has 26 heavy (non-hydrogen) atoms. The van der Waals surface area contributed by atoms with Gasteiger partial charge >= 0.3 is 0 Å². The van der Waals surface area contributed by atoms with Crippen molar-refractivity contribution in [2.75, 3.05) is 27.4 Å². The molecule has 0 radical (unpaired) electrons. The Labute approximate surface area is 156 Å². The van der Waals surface area contributed by atoms with E-state index in [1.165, 1.54) is 0 Å². The van der Waals surface area contributed by atoms with Crippen LogP contribution in [-0.4, -0.2) is 27.4 Å². The standard InChI is InChI=1S/C23H26O3/c1-5-26-16-6-7-20(21-11-13-22(24-3)14-12-21)9-8-19-10-15-23(25-4)17-18(19)2/h7,10-15,17H,5-6,16H2,1-4H3/b20-7+. The van der Waals surface area contributed by atoms with Gasteiger partial charge in [-0.05, 0) is 61.7 Å². The maximum absolute atomic E-state index is 5.44. The molecule has 0 fully saturated rings. The summed E-state index contributed by atoms with van der Waals surface area (Å²) >= 11 is 0. The molecular formula is C23H26O3. The number of allylic oxidation sites excluding steroid dienone is 1. The molecule has 0 aliphatic carbocycles. The second-order valence-corrected chi connectivity index (χ2v) is 5.76. The SMILES string of the molecule is CCOCC/C=C(\C#Cc1ccc(OC)cc1C)c1ccc(OC)cc1. The molecule has 3 heteroatoms. The lowest BCUT2D eigenvalue weighted by Crippen LogP contribution is -1.92. The Hall–Kier alpha value is -2.70. The summed E-state index contributed by atoms with van der Waals surface area (Å²) in [5.74, 6) is 8.28. The monoisotopic (exact) mass is 350 g/mol. The highest BCUT2D eigenvalue weighted by molar-refractivity contribution is 5.80. The van der Waals surface area contributed by atoms with E-state index in [2.05, 4.69) is 17.9 Å². The maximum atomic E-state index is 5.44. The Morgan fingerprint density at radius 2 is 1.69 bits per heavy atom. The molecule has 0 unspecified atom stereocenters.